The maximum absolute atomic E-state index is 12.2. The lowest BCUT2D eigenvalue weighted by molar-refractivity contribution is -0.132. The zero-order valence-corrected chi connectivity index (χ0v) is 13.1. The average molecular weight is 318 g/mol. The molecule has 1 saturated heterocycles. The quantitative estimate of drug-likeness (QED) is 0.790. The van der Waals surface area contributed by atoms with E-state index in [1.54, 1.807) is 23.5 Å². The van der Waals surface area contributed by atoms with E-state index < -0.39 is 0 Å². The fourth-order valence-corrected chi connectivity index (χ4v) is 3.24. The molecule has 2 aromatic rings. The number of furan rings is 1. The molecular weight excluding hydrogens is 300 g/mol. The van der Waals surface area contributed by atoms with E-state index in [4.69, 9.17) is 4.42 Å². The number of carbonyl (C=O) groups is 2. The summed E-state index contributed by atoms with van der Waals surface area (Å²) in [6.07, 6.45) is 1.98. The van der Waals surface area contributed by atoms with Gasteiger partial charge in [0.1, 0.15) is 0 Å². The molecule has 0 bridgehead atoms. The van der Waals surface area contributed by atoms with Crippen LogP contribution in [0.1, 0.15) is 15.4 Å². The first-order valence-electron chi connectivity index (χ1n) is 7.31. The highest BCUT2D eigenvalue weighted by molar-refractivity contribution is 7.10. The fraction of sp³-hybridized carbons (Fsp3) is 0.375. The zero-order valence-electron chi connectivity index (χ0n) is 12.2. The normalized spacial score (nSPS) is 15.9. The highest BCUT2D eigenvalue weighted by atomic mass is 32.1. The number of Topliss-reactive ketones (excluding diaryl/α,β-unsaturated/α-hetero) is 1. The molecule has 1 amide bonds. The SMILES string of the molecule is O=C(CN1CCN(C(=O)Cc2cccs2)CC1)c1ccco1. The van der Waals surface area contributed by atoms with Crippen LogP contribution < -0.4 is 0 Å². The molecular formula is C16H18N2O3S. The van der Waals surface area contributed by atoms with Crippen LogP contribution in [0.25, 0.3) is 0 Å². The Bertz CT molecular complexity index is 614. The predicted octanol–water partition coefficient (Wildman–Crippen LogP) is 1.91. The first kappa shape index (κ1) is 15.0. The molecule has 0 aliphatic carbocycles. The Morgan fingerprint density at radius 3 is 2.59 bits per heavy atom. The molecule has 6 heteroatoms. The van der Waals surface area contributed by atoms with Gasteiger partial charge in [-0.2, -0.15) is 0 Å². The van der Waals surface area contributed by atoms with Crippen molar-refractivity contribution in [3.05, 3.63) is 46.5 Å². The molecule has 3 heterocycles. The number of carbonyl (C=O) groups excluding carboxylic acids is 2. The zero-order chi connectivity index (χ0) is 15.4. The van der Waals surface area contributed by atoms with Crippen molar-refractivity contribution in [1.82, 2.24) is 9.80 Å². The largest absolute Gasteiger partial charge is 0.461 e. The van der Waals surface area contributed by atoms with Crippen molar-refractivity contribution < 1.29 is 14.0 Å². The van der Waals surface area contributed by atoms with Crippen molar-refractivity contribution in [2.24, 2.45) is 0 Å². The molecule has 116 valence electrons. The van der Waals surface area contributed by atoms with Crippen molar-refractivity contribution in [1.29, 1.82) is 0 Å². The summed E-state index contributed by atoms with van der Waals surface area (Å²) in [7, 11) is 0. The smallest absolute Gasteiger partial charge is 0.227 e. The fourth-order valence-electron chi connectivity index (χ4n) is 2.55. The monoisotopic (exact) mass is 318 g/mol. The molecule has 0 aromatic carbocycles. The highest BCUT2D eigenvalue weighted by Crippen LogP contribution is 2.12. The maximum atomic E-state index is 12.2. The molecule has 1 aliphatic heterocycles. The van der Waals surface area contributed by atoms with E-state index in [9.17, 15) is 9.59 Å². The molecule has 1 aliphatic rings. The van der Waals surface area contributed by atoms with Crippen LogP contribution >= 0.6 is 11.3 Å². The van der Waals surface area contributed by atoms with Crippen LogP contribution in [0.3, 0.4) is 0 Å². The Hall–Kier alpha value is -1.92. The Morgan fingerprint density at radius 2 is 1.95 bits per heavy atom. The van der Waals surface area contributed by atoms with Gasteiger partial charge in [-0.3, -0.25) is 14.5 Å². The van der Waals surface area contributed by atoms with Crippen molar-refractivity contribution in [2.75, 3.05) is 32.7 Å². The molecule has 22 heavy (non-hydrogen) atoms. The van der Waals surface area contributed by atoms with Crippen molar-refractivity contribution >= 4 is 23.0 Å². The van der Waals surface area contributed by atoms with Gasteiger partial charge in [-0.05, 0) is 23.6 Å². The number of thiophene rings is 1. The number of rotatable bonds is 5. The molecule has 0 saturated carbocycles. The van der Waals surface area contributed by atoms with Gasteiger partial charge in [0.25, 0.3) is 0 Å². The topological polar surface area (TPSA) is 53.8 Å². The van der Waals surface area contributed by atoms with Gasteiger partial charge in [0.15, 0.2) is 5.76 Å². The molecule has 0 N–H and O–H groups in total. The number of nitrogens with zero attached hydrogens (tertiary/aromatic N) is 2. The maximum Gasteiger partial charge on any atom is 0.227 e. The molecule has 0 atom stereocenters. The van der Waals surface area contributed by atoms with E-state index in [2.05, 4.69) is 4.90 Å². The molecule has 5 nitrogen and oxygen atoms in total. The Kier molecular flexibility index (Phi) is 4.70. The number of ketones is 1. The van der Waals surface area contributed by atoms with Crippen LogP contribution in [-0.4, -0.2) is 54.2 Å². The number of amides is 1. The number of piperazine rings is 1. The van der Waals surface area contributed by atoms with Crippen LogP contribution in [0, 0.1) is 0 Å². The number of hydrogen-bond donors (Lipinski definition) is 0. The van der Waals surface area contributed by atoms with Gasteiger partial charge in [0.2, 0.25) is 11.7 Å². The Labute approximate surface area is 133 Å². The second-order valence-electron chi connectivity index (χ2n) is 5.31. The lowest BCUT2D eigenvalue weighted by Gasteiger charge is -2.34. The van der Waals surface area contributed by atoms with E-state index in [-0.39, 0.29) is 11.7 Å². The summed E-state index contributed by atoms with van der Waals surface area (Å²) >= 11 is 1.61. The summed E-state index contributed by atoms with van der Waals surface area (Å²) in [5, 5.41) is 1.99. The third kappa shape index (κ3) is 3.64. The summed E-state index contributed by atoms with van der Waals surface area (Å²) in [6.45, 7) is 3.15. The third-order valence-electron chi connectivity index (χ3n) is 3.79. The van der Waals surface area contributed by atoms with E-state index in [0.29, 0.717) is 31.8 Å². The lowest BCUT2D eigenvalue weighted by Crippen LogP contribution is -2.50. The van der Waals surface area contributed by atoms with E-state index in [1.165, 1.54) is 6.26 Å². The molecule has 0 unspecified atom stereocenters. The summed E-state index contributed by atoms with van der Waals surface area (Å²) in [5.74, 6) is 0.555. The second kappa shape index (κ2) is 6.89. The lowest BCUT2D eigenvalue weighted by atomic mass is 10.2. The van der Waals surface area contributed by atoms with Gasteiger partial charge in [-0.25, -0.2) is 0 Å². The van der Waals surface area contributed by atoms with E-state index >= 15 is 0 Å². The summed E-state index contributed by atoms with van der Waals surface area (Å²) in [5.41, 5.74) is 0. The molecule has 1 fully saturated rings. The van der Waals surface area contributed by atoms with Crippen LogP contribution in [0.15, 0.2) is 40.3 Å². The van der Waals surface area contributed by atoms with Gasteiger partial charge in [-0.1, -0.05) is 6.07 Å². The van der Waals surface area contributed by atoms with Gasteiger partial charge >= 0.3 is 0 Å². The Morgan fingerprint density at radius 1 is 1.14 bits per heavy atom. The second-order valence-corrected chi connectivity index (χ2v) is 6.35. The van der Waals surface area contributed by atoms with Crippen LogP contribution in [-0.2, 0) is 11.2 Å². The minimum Gasteiger partial charge on any atom is -0.461 e. The molecule has 0 radical (unpaired) electrons. The molecule has 0 spiro atoms. The van der Waals surface area contributed by atoms with E-state index in [0.717, 1.165) is 18.0 Å². The third-order valence-corrected chi connectivity index (χ3v) is 4.67. The minimum atomic E-state index is -0.0108. The number of hydrogen-bond acceptors (Lipinski definition) is 5. The Balaban J connectivity index is 1.46. The first-order valence-corrected chi connectivity index (χ1v) is 8.19. The molecule has 2 aromatic heterocycles. The van der Waals surface area contributed by atoms with Crippen molar-refractivity contribution in [3.8, 4) is 0 Å². The van der Waals surface area contributed by atoms with Crippen molar-refractivity contribution in [3.63, 3.8) is 0 Å². The van der Waals surface area contributed by atoms with Gasteiger partial charge < -0.3 is 9.32 Å². The van der Waals surface area contributed by atoms with E-state index in [1.807, 2.05) is 22.4 Å². The average Bonchev–Trinajstić information content (AvgIpc) is 3.21. The minimum absolute atomic E-state index is 0.0108. The van der Waals surface area contributed by atoms with Crippen LogP contribution in [0.4, 0.5) is 0 Å². The van der Waals surface area contributed by atoms with Crippen LogP contribution in [0.5, 0.6) is 0 Å². The summed E-state index contributed by atoms with van der Waals surface area (Å²) in [4.78, 5) is 29.2. The van der Waals surface area contributed by atoms with Crippen LogP contribution in [0.2, 0.25) is 0 Å². The van der Waals surface area contributed by atoms with Crippen molar-refractivity contribution in [2.45, 2.75) is 6.42 Å². The van der Waals surface area contributed by atoms with Gasteiger partial charge in [0.05, 0.1) is 19.2 Å². The predicted molar refractivity (Wildman–Crippen MR) is 84.1 cm³/mol. The summed E-state index contributed by atoms with van der Waals surface area (Å²) < 4.78 is 5.12. The first-order chi connectivity index (χ1) is 10.7. The standard InChI is InChI=1S/C16H18N2O3S/c19-14(15-4-1-9-21-15)12-17-5-7-18(8-6-17)16(20)11-13-3-2-10-22-13/h1-4,9-10H,5-8,11-12H2. The summed E-state index contributed by atoms with van der Waals surface area (Å²) in [6, 6.07) is 7.35. The van der Waals surface area contributed by atoms with Gasteiger partial charge in [-0.15, -0.1) is 11.3 Å². The molecule has 3 rings (SSSR count). The van der Waals surface area contributed by atoms with Gasteiger partial charge in [0, 0.05) is 31.1 Å². The highest BCUT2D eigenvalue weighted by Gasteiger charge is 2.23.